The van der Waals surface area contributed by atoms with E-state index in [1.807, 2.05) is 11.8 Å². The number of hydrogen-bond donors (Lipinski definition) is 1. The van der Waals surface area contributed by atoms with Crippen LogP contribution in [0, 0.1) is 0 Å². The Morgan fingerprint density at radius 3 is 2.82 bits per heavy atom. The molecule has 1 N–H and O–H groups in total. The van der Waals surface area contributed by atoms with Crippen LogP contribution in [0.15, 0.2) is 30.9 Å². The van der Waals surface area contributed by atoms with E-state index in [0.717, 1.165) is 13.0 Å². The van der Waals surface area contributed by atoms with Crippen molar-refractivity contribution in [3.63, 3.8) is 0 Å². The number of carboxylic acids is 1. The van der Waals surface area contributed by atoms with E-state index >= 15 is 0 Å². The van der Waals surface area contributed by atoms with Crippen molar-refractivity contribution in [3.8, 4) is 0 Å². The second kappa shape index (κ2) is 6.30. The van der Waals surface area contributed by atoms with Gasteiger partial charge in [-0.05, 0) is 24.6 Å². The van der Waals surface area contributed by atoms with Crippen molar-refractivity contribution < 1.29 is 9.90 Å². The maximum Gasteiger partial charge on any atom is 0.337 e. The molecule has 0 saturated heterocycles. The number of benzene rings is 1. The lowest BCUT2D eigenvalue weighted by atomic mass is 10.1. The van der Waals surface area contributed by atoms with Crippen LogP contribution in [0.5, 0.6) is 0 Å². The number of rotatable bonds is 6. The molecular weight excluding hydrogens is 238 g/mol. The van der Waals surface area contributed by atoms with Crippen LogP contribution in [0.3, 0.4) is 0 Å². The smallest absolute Gasteiger partial charge is 0.337 e. The fourth-order valence-corrected chi connectivity index (χ4v) is 1.85. The highest BCUT2D eigenvalue weighted by Gasteiger charge is 2.15. The molecule has 1 aromatic rings. The van der Waals surface area contributed by atoms with Crippen LogP contribution in [0.1, 0.15) is 23.7 Å². The molecule has 0 amide bonds. The highest BCUT2D eigenvalue weighted by molar-refractivity contribution is 6.31. The maximum atomic E-state index is 11.2. The summed E-state index contributed by atoms with van der Waals surface area (Å²) >= 11 is 5.92. The fourth-order valence-electron chi connectivity index (χ4n) is 1.68. The molecule has 1 rings (SSSR count). The van der Waals surface area contributed by atoms with Crippen molar-refractivity contribution in [2.45, 2.75) is 13.3 Å². The fraction of sp³-hybridized carbons (Fsp3) is 0.308. The van der Waals surface area contributed by atoms with Crippen molar-refractivity contribution in [2.24, 2.45) is 0 Å². The van der Waals surface area contributed by atoms with Gasteiger partial charge < -0.3 is 10.0 Å². The highest BCUT2D eigenvalue weighted by atomic mass is 35.5. The SMILES string of the molecule is C=CCN(CCC)c1cc(Cl)ccc1C(=O)O. The van der Waals surface area contributed by atoms with Crippen LogP contribution in [0.25, 0.3) is 0 Å². The molecule has 0 bridgehead atoms. The molecule has 3 nitrogen and oxygen atoms in total. The standard InChI is InChI=1S/C13H16ClNO2/c1-3-7-15(8-4-2)12-9-10(14)5-6-11(12)13(16)17/h3,5-6,9H,1,4,7-8H2,2H3,(H,16,17). The molecule has 1 aromatic carbocycles. The van der Waals surface area contributed by atoms with Crippen molar-refractivity contribution in [1.82, 2.24) is 0 Å². The van der Waals surface area contributed by atoms with Gasteiger partial charge in [-0.3, -0.25) is 0 Å². The van der Waals surface area contributed by atoms with Crippen LogP contribution in [-0.4, -0.2) is 24.2 Å². The molecule has 0 aliphatic rings. The average Bonchev–Trinajstić information content (AvgIpc) is 2.28. The molecular formula is C13H16ClNO2. The molecule has 0 unspecified atom stereocenters. The first-order valence-electron chi connectivity index (χ1n) is 5.48. The van der Waals surface area contributed by atoms with Crippen molar-refractivity contribution in [1.29, 1.82) is 0 Å². The maximum absolute atomic E-state index is 11.2. The van der Waals surface area contributed by atoms with E-state index in [1.165, 1.54) is 6.07 Å². The minimum absolute atomic E-state index is 0.268. The summed E-state index contributed by atoms with van der Waals surface area (Å²) in [5.41, 5.74) is 0.913. The topological polar surface area (TPSA) is 40.5 Å². The van der Waals surface area contributed by atoms with Gasteiger partial charge in [0.25, 0.3) is 0 Å². The predicted octanol–water partition coefficient (Wildman–Crippen LogP) is 3.44. The van der Waals surface area contributed by atoms with E-state index in [9.17, 15) is 4.79 Å². The predicted molar refractivity (Wildman–Crippen MR) is 71.1 cm³/mol. The Hall–Kier alpha value is -1.48. The van der Waals surface area contributed by atoms with Crippen LogP contribution in [0.4, 0.5) is 5.69 Å². The van der Waals surface area contributed by atoms with Gasteiger partial charge in [-0.1, -0.05) is 24.6 Å². The van der Waals surface area contributed by atoms with Gasteiger partial charge in [-0.2, -0.15) is 0 Å². The lowest BCUT2D eigenvalue weighted by Crippen LogP contribution is -2.26. The Labute approximate surface area is 106 Å². The largest absolute Gasteiger partial charge is 0.478 e. The Kier molecular flexibility index (Phi) is 5.04. The van der Waals surface area contributed by atoms with Gasteiger partial charge in [0, 0.05) is 18.1 Å². The van der Waals surface area contributed by atoms with E-state index in [2.05, 4.69) is 6.58 Å². The van der Waals surface area contributed by atoms with Crippen molar-refractivity contribution in [3.05, 3.63) is 41.4 Å². The molecule has 0 atom stereocenters. The van der Waals surface area contributed by atoms with Gasteiger partial charge in [0.2, 0.25) is 0 Å². The van der Waals surface area contributed by atoms with Crippen LogP contribution in [0.2, 0.25) is 5.02 Å². The number of hydrogen-bond acceptors (Lipinski definition) is 2. The first kappa shape index (κ1) is 13.6. The lowest BCUT2D eigenvalue weighted by molar-refractivity contribution is 0.0697. The second-order valence-corrected chi connectivity index (χ2v) is 4.14. The third-order valence-electron chi connectivity index (χ3n) is 2.37. The zero-order valence-corrected chi connectivity index (χ0v) is 10.6. The summed E-state index contributed by atoms with van der Waals surface area (Å²) in [7, 11) is 0. The Bertz CT molecular complexity index is 418. The number of nitrogens with zero attached hydrogens (tertiary/aromatic N) is 1. The van der Waals surface area contributed by atoms with Crippen molar-refractivity contribution >= 4 is 23.3 Å². The summed E-state index contributed by atoms with van der Waals surface area (Å²) < 4.78 is 0. The third-order valence-corrected chi connectivity index (χ3v) is 2.61. The Balaban J connectivity index is 3.18. The summed E-state index contributed by atoms with van der Waals surface area (Å²) in [5, 5.41) is 9.68. The number of halogens is 1. The van der Waals surface area contributed by atoms with Gasteiger partial charge in [0.15, 0.2) is 0 Å². The Morgan fingerprint density at radius 1 is 1.59 bits per heavy atom. The summed E-state index contributed by atoms with van der Waals surface area (Å²) in [5.74, 6) is -0.943. The van der Waals surface area contributed by atoms with Gasteiger partial charge in [-0.25, -0.2) is 4.79 Å². The first-order valence-corrected chi connectivity index (χ1v) is 5.86. The second-order valence-electron chi connectivity index (χ2n) is 3.70. The molecule has 17 heavy (non-hydrogen) atoms. The van der Waals surface area contributed by atoms with Gasteiger partial charge in [0.1, 0.15) is 0 Å². The van der Waals surface area contributed by atoms with Crippen LogP contribution < -0.4 is 4.90 Å². The molecule has 0 fully saturated rings. The highest BCUT2D eigenvalue weighted by Crippen LogP contribution is 2.25. The number of carbonyl (C=O) groups is 1. The van der Waals surface area contributed by atoms with E-state index in [-0.39, 0.29) is 5.56 Å². The van der Waals surface area contributed by atoms with Gasteiger partial charge in [0.05, 0.1) is 11.3 Å². The molecule has 0 heterocycles. The number of anilines is 1. The number of carboxylic acid groups (broad SMARTS) is 1. The van der Waals surface area contributed by atoms with Gasteiger partial charge >= 0.3 is 5.97 Å². The van der Waals surface area contributed by atoms with Crippen molar-refractivity contribution in [2.75, 3.05) is 18.0 Å². The molecule has 4 heteroatoms. The molecule has 0 radical (unpaired) electrons. The van der Waals surface area contributed by atoms with Crippen LogP contribution in [-0.2, 0) is 0 Å². The zero-order valence-electron chi connectivity index (χ0n) is 9.82. The zero-order chi connectivity index (χ0) is 12.8. The molecule has 0 aliphatic carbocycles. The average molecular weight is 254 g/mol. The van der Waals surface area contributed by atoms with Crippen LogP contribution >= 0.6 is 11.6 Å². The summed E-state index contributed by atoms with van der Waals surface area (Å²) in [6, 6.07) is 4.81. The normalized spacial score (nSPS) is 10.0. The molecule has 0 spiro atoms. The first-order chi connectivity index (χ1) is 8.10. The monoisotopic (exact) mass is 253 g/mol. The van der Waals surface area contributed by atoms with Gasteiger partial charge in [-0.15, -0.1) is 6.58 Å². The molecule has 0 aliphatic heterocycles. The summed E-state index contributed by atoms with van der Waals surface area (Å²) in [6.07, 6.45) is 2.68. The molecule has 92 valence electrons. The minimum atomic E-state index is -0.943. The number of aromatic carboxylic acids is 1. The molecule has 0 saturated carbocycles. The minimum Gasteiger partial charge on any atom is -0.478 e. The Morgan fingerprint density at radius 2 is 2.29 bits per heavy atom. The quantitative estimate of drug-likeness (QED) is 0.790. The van der Waals surface area contributed by atoms with E-state index < -0.39 is 5.97 Å². The van der Waals surface area contributed by atoms with E-state index in [4.69, 9.17) is 16.7 Å². The molecule has 0 aromatic heterocycles. The van der Waals surface area contributed by atoms with E-state index in [0.29, 0.717) is 17.3 Å². The summed E-state index contributed by atoms with van der Waals surface area (Å²) in [6.45, 7) is 7.10. The lowest BCUT2D eigenvalue weighted by Gasteiger charge is -2.24. The summed E-state index contributed by atoms with van der Waals surface area (Å²) in [4.78, 5) is 13.1. The third kappa shape index (κ3) is 3.49. The van der Waals surface area contributed by atoms with E-state index in [1.54, 1.807) is 18.2 Å².